The zero-order valence-electron chi connectivity index (χ0n) is 26.5. The number of anilines is 4. The average Bonchev–Trinajstić information content (AvgIpc) is 3.78. The highest BCUT2D eigenvalue weighted by Gasteiger charge is 2.26. The molecule has 1 aromatic heterocycles. The van der Waals surface area contributed by atoms with Crippen molar-refractivity contribution in [3.63, 3.8) is 0 Å². The van der Waals surface area contributed by atoms with Crippen LogP contribution >= 0.6 is 11.3 Å². The van der Waals surface area contributed by atoms with Crippen molar-refractivity contribution in [2.45, 2.75) is 6.23 Å². The lowest BCUT2D eigenvalue weighted by Gasteiger charge is -2.28. The van der Waals surface area contributed by atoms with Crippen LogP contribution in [0.15, 0.2) is 170 Å². The van der Waals surface area contributed by atoms with Crippen LogP contribution in [-0.4, -0.2) is 0 Å². The van der Waals surface area contributed by atoms with Crippen molar-refractivity contribution in [2.24, 2.45) is 0 Å². The van der Waals surface area contributed by atoms with Crippen LogP contribution in [-0.2, 0) is 0 Å². The van der Waals surface area contributed by atoms with Gasteiger partial charge in [-0.2, -0.15) is 0 Å². The van der Waals surface area contributed by atoms with E-state index in [1.54, 1.807) is 0 Å². The molecule has 10 rings (SSSR count). The molecule has 0 bridgehead atoms. The molecule has 1 atom stereocenters. The topological polar surface area (TPSA) is 24.5 Å². The van der Waals surface area contributed by atoms with E-state index in [0.29, 0.717) is 0 Å². The van der Waals surface area contributed by atoms with Gasteiger partial charge in [0.15, 0.2) is 12.0 Å². The molecule has 2 heterocycles. The fourth-order valence-electron chi connectivity index (χ4n) is 7.36. The van der Waals surface area contributed by atoms with E-state index in [4.69, 9.17) is 4.74 Å². The van der Waals surface area contributed by atoms with Crippen molar-refractivity contribution in [3.8, 4) is 16.9 Å². The van der Waals surface area contributed by atoms with Gasteiger partial charge in [-0.15, -0.1) is 11.3 Å². The van der Waals surface area contributed by atoms with Gasteiger partial charge in [-0.1, -0.05) is 115 Å². The van der Waals surface area contributed by atoms with Gasteiger partial charge in [0.05, 0.1) is 11.4 Å². The largest absolute Gasteiger partial charge is 0.464 e. The number of nitrogens with one attached hydrogen (secondary N) is 1. The molecule has 0 amide bonds. The number of fused-ring (bicyclic) bond motifs is 8. The molecule has 1 unspecified atom stereocenters. The van der Waals surface area contributed by atoms with Gasteiger partial charge in [0.2, 0.25) is 0 Å². The Kier molecular flexibility index (Phi) is 6.42. The molecule has 0 aliphatic carbocycles. The van der Waals surface area contributed by atoms with Crippen molar-refractivity contribution in [1.82, 2.24) is 0 Å². The summed E-state index contributed by atoms with van der Waals surface area (Å²) in [5, 5.41) is 10.8. The zero-order valence-corrected chi connectivity index (χ0v) is 27.3. The molecular formula is C45H30N2OS. The van der Waals surface area contributed by atoms with Crippen molar-refractivity contribution >= 4 is 75.8 Å². The van der Waals surface area contributed by atoms with Crippen LogP contribution in [0.3, 0.4) is 0 Å². The van der Waals surface area contributed by atoms with Gasteiger partial charge < -0.3 is 15.0 Å². The van der Waals surface area contributed by atoms with E-state index in [0.717, 1.165) is 50.2 Å². The van der Waals surface area contributed by atoms with Crippen LogP contribution in [0.5, 0.6) is 5.75 Å². The predicted molar refractivity (Wildman–Crippen MR) is 208 cm³/mol. The molecule has 1 aliphatic heterocycles. The standard InChI is InChI=1S/C45H30N2OS/c1-3-11-30(12-4-1)45-46-39-25-21-29-19-20-31-27-34(23-24-36(31)43(29)44(39)48-45)47(33-13-5-2-6-14-33)40-17-9-7-15-35(40)32-22-26-42-38(28-32)37-16-8-10-18-41(37)49-42/h1-28,45-46H. The smallest absolute Gasteiger partial charge is 0.196 e. The maximum atomic E-state index is 6.63. The quantitative estimate of drug-likeness (QED) is 0.188. The van der Waals surface area contributed by atoms with Crippen LogP contribution in [0.4, 0.5) is 22.7 Å². The summed E-state index contributed by atoms with van der Waals surface area (Å²) in [5.74, 6) is 0.909. The Balaban J connectivity index is 1.12. The van der Waals surface area contributed by atoms with Crippen LogP contribution in [0.2, 0.25) is 0 Å². The lowest BCUT2D eigenvalue weighted by molar-refractivity contribution is 0.263. The molecule has 0 radical (unpaired) electrons. The number of nitrogens with zero attached hydrogens (tertiary/aromatic N) is 1. The van der Waals surface area contributed by atoms with Crippen LogP contribution in [0.25, 0.3) is 52.8 Å². The second kappa shape index (κ2) is 11.3. The Morgan fingerprint density at radius 1 is 0.531 bits per heavy atom. The van der Waals surface area contributed by atoms with Crippen molar-refractivity contribution < 1.29 is 4.74 Å². The third kappa shape index (κ3) is 4.64. The third-order valence-corrected chi connectivity index (χ3v) is 10.8. The third-order valence-electron chi connectivity index (χ3n) is 9.67. The van der Waals surface area contributed by atoms with Gasteiger partial charge in [0, 0.05) is 48.1 Å². The van der Waals surface area contributed by atoms with Gasteiger partial charge in [-0.3, -0.25) is 0 Å². The number of hydrogen-bond donors (Lipinski definition) is 1. The Bertz CT molecular complexity index is 2680. The monoisotopic (exact) mass is 646 g/mol. The second-order valence-corrected chi connectivity index (χ2v) is 13.6. The molecule has 3 nitrogen and oxygen atoms in total. The van der Waals surface area contributed by atoms with Crippen molar-refractivity contribution in [1.29, 1.82) is 0 Å². The van der Waals surface area contributed by atoms with E-state index in [-0.39, 0.29) is 6.23 Å². The summed E-state index contributed by atoms with van der Waals surface area (Å²) in [6, 6.07) is 61.0. The number of hydrogen-bond acceptors (Lipinski definition) is 4. The lowest BCUT2D eigenvalue weighted by atomic mass is 9.98. The number of benzene rings is 8. The van der Waals surface area contributed by atoms with Crippen LogP contribution in [0.1, 0.15) is 11.8 Å². The molecule has 0 fully saturated rings. The summed E-state index contributed by atoms with van der Waals surface area (Å²) >= 11 is 1.85. The highest BCUT2D eigenvalue weighted by molar-refractivity contribution is 7.25. The molecule has 9 aromatic rings. The highest BCUT2D eigenvalue weighted by Crippen LogP contribution is 2.48. The molecule has 1 aliphatic rings. The summed E-state index contributed by atoms with van der Waals surface area (Å²) in [5.41, 5.74) is 7.86. The van der Waals surface area contributed by atoms with Crippen molar-refractivity contribution in [3.05, 3.63) is 175 Å². The molecule has 232 valence electrons. The fraction of sp³-hybridized carbons (Fsp3) is 0.0222. The van der Waals surface area contributed by atoms with E-state index in [1.165, 1.54) is 36.7 Å². The van der Waals surface area contributed by atoms with Crippen LogP contribution < -0.4 is 15.0 Å². The Morgan fingerprint density at radius 2 is 1.27 bits per heavy atom. The van der Waals surface area contributed by atoms with Gasteiger partial charge >= 0.3 is 0 Å². The molecule has 49 heavy (non-hydrogen) atoms. The normalized spacial score (nSPS) is 13.8. The molecule has 0 spiro atoms. The van der Waals surface area contributed by atoms with Gasteiger partial charge in [-0.05, 0) is 76.3 Å². The first-order valence-electron chi connectivity index (χ1n) is 16.6. The van der Waals surface area contributed by atoms with E-state index in [1.807, 2.05) is 17.4 Å². The Hall–Kier alpha value is -6.10. The molecule has 8 aromatic carbocycles. The van der Waals surface area contributed by atoms with E-state index >= 15 is 0 Å². The van der Waals surface area contributed by atoms with Crippen molar-refractivity contribution in [2.75, 3.05) is 10.2 Å². The summed E-state index contributed by atoms with van der Waals surface area (Å²) in [7, 11) is 0. The van der Waals surface area contributed by atoms with Gasteiger partial charge in [0.25, 0.3) is 0 Å². The molecule has 0 saturated carbocycles. The molecule has 1 N–H and O–H groups in total. The van der Waals surface area contributed by atoms with E-state index in [2.05, 4.69) is 174 Å². The van der Waals surface area contributed by atoms with E-state index < -0.39 is 0 Å². The summed E-state index contributed by atoms with van der Waals surface area (Å²) in [4.78, 5) is 2.38. The number of para-hydroxylation sites is 2. The molecular weight excluding hydrogens is 617 g/mol. The first-order valence-corrected chi connectivity index (χ1v) is 17.4. The first kappa shape index (κ1) is 28.0. The Labute approximate surface area is 288 Å². The minimum Gasteiger partial charge on any atom is -0.464 e. The maximum absolute atomic E-state index is 6.63. The molecule has 0 saturated heterocycles. The van der Waals surface area contributed by atoms with Crippen LogP contribution in [0, 0.1) is 0 Å². The fourth-order valence-corrected chi connectivity index (χ4v) is 8.45. The second-order valence-electron chi connectivity index (χ2n) is 12.6. The first-order chi connectivity index (χ1) is 24.3. The minimum absolute atomic E-state index is 0.215. The maximum Gasteiger partial charge on any atom is 0.196 e. The molecule has 4 heteroatoms. The lowest BCUT2D eigenvalue weighted by Crippen LogP contribution is -2.11. The predicted octanol–water partition coefficient (Wildman–Crippen LogP) is 13.0. The number of rotatable bonds is 5. The highest BCUT2D eigenvalue weighted by atomic mass is 32.1. The average molecular weight is 647 g/mol. The van der Waals surface area contributed by atoms with E-state index in [9.17, 15) is 0 Å². The summed E-state index contributed by atoms with van der Waals surface area (Å²) < 4.78 is 9.26. The summed E-state index contributed by atoms with van der Waals surface area (Å²) in [6.07, 6.45) is -0.215. The number of ether oxygens (including phenoxy) is 1. The van der Waals surface area contributed by atoms with Gasteiger partial charge in [0.1, 0.15) is 0 Å². The minimum atomic E-state index is -0.215. The SMILES string of the molecule is c1ccc(C2Nc3ccc4ccc5cc(N(c6ccccc6)c6ccccc6-c6ccc7sc8ccccc8c7c6)ccc5c4c3O2)cc1. The summed E-state index contributed by atoms with van der Waals surface area (Å²) in [6.45, 7) is 0. The zero-order chi connectivity index (χ0) is 32.3. The van der Waals surface area contributed by atoms with Gasteiger partial charge in [-0.25, -0.2) is 0 Å². The number of thiophene rings is 1. The Morgan fingerprint density at radius 3 is 2.16 bits per heavy atom.